The zero-order chi connectivity index (χ0) is 19.1. The van der Waals surface area contributed by atoms with E-state index in [4.69, 9.17) is 23.2 Å². The Morgan fingerprint density at radius 1 is 1.12 bits per heavy atom. The molecule has 0 fully saturated rings. The highest BCUT2D eigenvalue weighted by atomic mass is 35.5. The molecule has 0 unspecified atom stereocenters. The third-order valence-electron chi connectivity index (χ3n) is 3.90. The van der Waals surface area contributed by atoms with E-state index in [0.29, 0.717) is 15.7 Å². The van der Waals surface area contributed by atoms with Crippen LogP contribution < -0.4 is 10.6 Å². The molecule has 0 saturated heterocycles. The lowest BCUT2D eigenvalue weighted by Gasteiger charge is -2.13. The minimum absolute atomic E-state index is 0.0379. The molecule has 0 atom stereocenters. The molecule has 0 aliphatic rings. The first-order chi connectivity index (χ1) is 12.5. The second-order valence-electron chi connectivity index (χ2n) is 5.56. The lowest BCUT2D eigenvalue weighted by molar-refractivity contribution is -0.112. The number of para-hydroxylation sites is 1. The van der Waals surface area contributed by atoms with Crippen LogP contribution in [0.15, 0.2) is 48.2 Å². The van der Waals surface area contributed by atoms with Crippen molar-refractivity contribution < 1.29 is 4.79 Å². The highest BCUT2D eigenvalue weighted by molar-refractivity contribution is 6.42. The number of hydrogen-bond acceptors (Lipinski definition) is 3. The molecule has 0 bridgehead atoms. The van der Waals surface area contributed by atoms with Gasteiger partial charge in [-0.3, -0.25) is 4.79 Å². The van der Waals surface area contributed by atoms with Gasteiger partial charge in [0.2, 0.25) is 0 Å². The monoisotopic (exact) mass is 387 g/mol. The van der Waals surface area contributed by atoms with Crippen LogP contribution in [-0.4, -0.2) is 5.91 Å². The second kappa shape index (κ2) is 9.28. The quantitative estimate of drug-likeness (QED) is 0.502. The van der Waals surface area contributed by atoms with E-state index in [1.807, 2.05) is 24.3 Å². The van der Waals surface area contributed by atoms with Gasteiger partial charge in [0.25, 0.3) is 5.91 Å². The first-order valence-electron chi connectivity index (χ1n) is 8.24. The lowest BCUT2D eigenvalue weighted by Crippen LogP contribution is -2.15. The summed E-state index contributed by atoms with van der Waals surface area (Å²) in [5.74, 6) is -0.523. The van der Waals surface area contributed by atoms with Crippen LogP contribution in [0.5, 0.6) is 0 Å². The maximum atomic E-state index is 12.4. The number of anilines is 2. The van der Waals surface area contributed by atoms with Crippen LogP contribution in [0.25, 0.3) is 0 Å². The van der Waals surface area contributed by atoms with Gasteiger partial charge in [-0.25, -0.2) is 0 Å². The van der Waals surface area contributed by atoms with Crippen LogP contribution in [0, 0.1) is 11.3 Å². The number of nitrogens with zero attached hydrogens (tertiary/aromatic N) is 1. The summed E-state index contributed by atoms with van der Waals surface area (Å²) in [5.41, 5.74) is 3.62. The molecule has 0 heterocycles. The van der Waals surface area contributed by atoms with Crippen LogP contribution in [-0.2, 0) is 17.6 Å². The summed E-state index contributed by atoms with van der Waals surface area (Å²) in [6, 6.07) is 12.7. The molecule has 1 amide bonds. The molecule has 0 aliphatic heterocycles. The first-order valence-corrected chi connectivity index (χ1v) is 8.99. The number of carbonyl (C=O) groups excluding carboxylic acids is 1. The Morgan fingerprint density at radius 2 is 1.77 bits per heavy atom. The van der Waals surface area contributed by atoms with E-state index >= 15 is 0 Å². The summed E-state index contributed by atoms with van der Waals surface area (Å²) in [6.45, 7) is 4.12. The summed E-state index contributed by atoms with van der Waals surface area (Å²) < 4.78 is 0. The number of aryl methyl sites for hydroxylation is 2. The molecule has 0 aromatic heterocycles. The van der Waals surface area contributed by atoms with Gasteiger partial charge in [-0.1, -0.05) is 55.2 Å². The normalized spacial score (nSPS) is 11.0. The van der Waals surface area contributed by atoms with Crippen molar-refractivity contribution in [2.24, 2.45) is 0 Å². The fourth-order valence-corrected chi connectivity index (χ4v) is 2.79. The number of nitrogens with one attached hydrogen (secondary N) is 2. The van der Waals surface area contributed by atoms with E-state index in [1.165, 1.54) is 12.3 Å². The number of nitriles is 1. The van der Waals surface area contributed by atoms with E-state index in [2.05, 4.69) is 24.5 Å². The standard InChI is InChI=1S/C20H19Cl2N3O/c1-3-13-6-5-7-14(4-2)19(13)24-12-15(11-23)20(26)25-16-8-9-17(21)18(22)10-16/h5-10,12,24H,3-4H2,1-2H3,(H,25,26)/b15-12-. The second-order valence-corrected chi connectivity index (χ2v) is 6.37. The maximum Gasteiger partial charge on any atom is 0.267 e. The highest BCUT2D eigenvalue weighted by Crippen LogP contribution is 2.25. The molecular weight excluding hydrogens is 369 g/mol. The Kier molecular flexibility index (Phi) is 7.08. The summed E-state index contributed by atoms with van der Waals surface area (Å²) in [5, 5.41) is 15.8. The Morgan fingerprint density at radius 3 is 2.31 bits per heavy atom. The van der Waals surface area contributed by atoms with Gasteiger partial charge in [0, 0.05) is 17.6 Å². The molecule has 2 N–H and O–H groups in total. The zero-order valence-electron chi connectivity index (χ0n) is 14.6. The predicted octanol–water partition coefficient (Wildman–Crippen LogP) is 5.58. The molecule has 6 heteroatoms. The van der Waals surface area contributed by atoms with E-state index in [-0.39, 0.29) is 5.57 Å². The van der Waals surface area contributed by atoms with Crippen LogP contribution in [0.4, 0.5) is 11.4 Å². The van der Waals surface area contributed by atoms with Crippen molar-refractivity contribution in [2.75, 3.05) is 10.6 Å². The van der Waals surface area contributed by atoms with E-state index in [1.54, 1.807) is 12.1 Å². The molecule has 0 spiro atoms. The largest absolute Gasteiger partial charge is 0.360 e. The zero-order valence-corrected chi connectivity index (χ0v) is 16.1. The van der Waals surface area contributed by atoms with Gasteiger partial charge in [-0.15, -0.1) is 0 Å². The Bertz CT molecular complexity index is 863. The van der Waals surface area contributed by atoms with E-state index < -0.39 is 5.91 Å². The van der Waals surface area contributed by atoms with Gasteiger partial charge >= 0.3 is 0 Å². The van der Waals surface area contributed by atoms with Crippen LogP contribution in [0.1, 0.15) is 25.0 Å². The van der Waals surface area contributed by atoms with Crippen molar-refractivity contribution in [3.63, 3.8) is 0 Å². The van der Waals surface area contributed by atoms with Crippen molar-refractivity contribution in [3.8, 4) is 6.07 Å². The van der Waals surface area contributed by atoms with Crippen molar-refractivity contribution in [1.82, 2.24) is 0 Å². The van der Waals surface area contributed by atoms with Crippen LogP contribution in [0.2, 0.25) is 10.0 Å². The molecule has 0 radical (unpaired) electrons. The summed E-state index contributed by atoms with van der Waals surface area (Å²) >= 11 is 11.8. The Balaban J connectivity index is 2.21. The number of carbonyl (C=O) groups is 1. The summed E-state index contributed by atoms with van der Waals surface area (Å²) in [4.78, 5) is 12.4. The van der Waals surface area contributed by atoms with Crippen molar-refractivity contribution in [3.05, 3.63) is 69.3 Å². The Hall–Kier alpha value is -2.48. The number of halogens is 2. The van der Waals surface area contributed by atoms with Gasteiger partial charge in [0.15, 0.2) is 0 Å². The van der Waals surface area contributed by atoms with E-state index in [9.17, 15) is 10.1 Å². The maximum absolute atomic E-state index is 12.4. The average Bonchev–Trinajstić information content (AvgIpc) is 2.65. The highest BCUT2D eigenvalue weighted by Gasteiger charge is 2.11. The number of amides is 1. The fraction of sp³-hybridized carbons (Fsp3) is 0.200. The third kappa shape index (κ3) is 4.78. The van der Waals surface area contributed by atoms with Gasteiger partial charge in [-0.2, -0.15) is 5.26 Å². The number of benzene rings is 2. The average molecular weight is 388 g/mol. The SMILES string of the molecule is CCc1cccc(CC)c1N/C=C(/C#N)C(=O)Nc1ccc(Cl)c(Cl)c1. The van der Waals surface area contributed by atoms with Crippen molar-refractivity contribution >= 4 is 40.5 Å². The first kappa shape index (κ1) is 19.8. The minimum atomic E-state index is -0.523. The van der Waals surface area contributed by atoms with Crippen molar-refractivity contribution in [2.45, 2.75) is 26.7 Å². The van der Waals surface area contributed by atoms with Gasteiger partial charge < -0.3 is 10.6 Å². The van der Waals surface area contributed by atoms with Gasteiger partial charge in [0.1, 0.15) is 11.6 Å². The molecule has 26 heavy (non-hydrogen) atoms. The Labute approximate surface area is 163 Å². The smallest absolute Gasteiger partial charge is 0.267 e. The van der Waals surface area contributed by atoms with E-state index in [0.717, 1.165) is 29.7 Å². The number of rotatable bonds is 6. The molecule has 4 nitrogen and oxygen atoms in total. The predicted molar refractivity (Wildman–Crippen MR) is 108 cm³/mol. The van der Waals surface area contributed by atoms with Crippen LogP contribution >= 0.6 is 23.2 Å². The number of hydrogen-bond donors (Lipinski definition) is 2. The molecule has 2 aromatic rings. The molecule has 0 saturated carbocycles. The molecule has 0 aliphatic carbocycles. The lowest BCUT2D eigenvalue weighted by atomic mass is 10.0. The molecule has 2 rings (SSSR count). The molecule has 134 valence electrons. The molecule has 2 aromatic carbocycles. The van der Waals surface area contributed by atoms with Gasteiger partial charge in [-0.05, 0) is 42.2 Å². The van der Waals surface area contributed by atoms with Crippen molar-refractivity contribution in [1.29, 1.82) is 5.26 Å². The molecular formula is C20H19Cl2N3O. The van der Waals surface area contributed by atoms with Crippen LogP contribution in [0.3, 0.4) is 0 Å². The summed E-state index contributed by atoms with van der Waals surface area (Å²) in [6.07, 6.45) is 3.13. The van der Waals surface area contributed by atoms with Gasteiger partial charge in [0.05, 0.1) is 10.0 Å². The summed E-state index contributed by atoms with van der Waals surface area (Å²) in [7, 11) is 0. The third-order valence-corrected chi connectivity index (χ3v) is 4.64. The fourth-order valence-electron chi connectivity index (χ4n) is 2.49. The topological polar surface area (TPSA) is 64.9 Å². The minimum Gasteiger partial charge on any atom is -0.360 e.